The van der Waals surface area contributed by atoms with Crippen LogP contribution in [-0.4, -0.2) is 71.4 Å². The second-order valence-electron chi connectivity index (χ2n) is 9.29. The first-order chi connectivity index (χ1) is 17.4. The normalized spacial score (nSPS) is 20.4. The van der Waals surface area contributed by atoms with Crippen molar-refractivity contribution in [2.75, 3.05) is 26.3 Å². The van der Waals surface area contributed by atoms with Crippen LogP contribution in [0.4, 0.5) is 0 Å². The standard InChI is InChI=1S/C26H27N3O6S/c30-21(24(32)17-3-1-16(2-4-17)13-28-9-11-35-12-10-28)6-7-22-18-14-29(26(34)19(18)15-36-22)20-5-8-23(31)27-25(20)33/h1-4,15,20H,5-14H2,(H,27,31,33). The van der Waals surface area contributed by atoms with Crippen LogP contribution in [-0.2, 0) is 38.6 Å². The maximum absolute atomic E-state index is 12.9. The van der Waals surface area contributed by atoms with E-state index in [4.69, 9.17) is 4.74 Å². The van der Waals surface area contributed by atoms with Gasteiger partial charge in [-0.1, -0.05) is 24.3 Å². The molecule has 1 N–H and O–H groups in total. The van der Waals surface area contributed by atoms with E-state index < -0.39 is 23.5 Å². The van der Waals surface area contributed by atoms with Gasteiger partial charge in [-0.05, 0) is 24.0 Å². The predicted octanol–water partition coefficient (Wildman–Crippen LogP) is 1.73. The number of imide groups is 1. The summed E-state index contributed by atoms with van der Waals surface area (Å²) in [6, 6.07) is 6.51. The number of hydrogen-bond acceptors (Lipinski definition) is 8. The van der Waals surface area contributed by atoms with E-state index >= 15 is 0 Å². The number of amides is 3. The van der Waals surface area contributed by atoms with Gasteiger partial charge < -0.3 is 9.64 Å². The van der Waals surface area contributed by atoms with Crippen molar-refractivity contribution in [3.8, 4) is 0 Å². The highest BCUT2D eigenvalue weighted by molar-refractivity contribution is 7.10. The van der Waals surface area contributed by atoms with Crippen LogP contribution >= 0.6 is 11.3 Å². The van der Waals surface area contributed by atoms with Crippen molar-refractivity contribution in [2.45, 2.75) is 44.8 Å². The van der Waals surface area contributed by atoms with Crippen molar-refractivity contribution in [2.24, 2.45) is 0 Å². The van der Waals surface area contributed by atoms with E-state index in [1.807, 2.05) is 12.1 Å². The summed E-state index contributed by atoms with van der Waals surface area (Å²) in [6.07, 6.45) is 0.909. The molecular formula is C26H27N3O6S. The number of nitrogens with one attached hydrogen (secondary N) is 1. The summed E-state index contributed by atoms with van der Waals surface area (Å²) in [5, 5.41) is 4.04. The second-order valence-corrected chi connectivity index (χ2v) is 10.3. The highest BCUT2D eigenvalue weighted by Gasteiger charge is 2.40. The number of rotatable bonds is 8. The van der Waals surface area contributed by atoms with E-state index in [9.17, 15) is 24.0 Å². The monoisotopic (exact) mass is 509 g/mol. The van der Waals surface area contributed by atoms with Crippen LogP contribution in [0.3, 0.4) is 0 Å². The lowest BCUT2D eigenvalue weighted by atomic mass is 10.0. The molecule has 0 radical (unpaired) electrons. The number of fused-ring (bicyclic) bond motifs is 1. The molecule has 5 rings (SSSR count). The van der Waals surface area contributed by atoms with E-state index in [0.717, 1.165) is 48.9 Å². The second kappa shape index (κ2) is 10.4. The number of thiophene rings is 1. The zero-order valence-corrected chi connectivity index (χ0v) is 20.6. The fourth-order valence-electron chi connectivity index (χ4n) is 4.89. The molecule has 4 heterocycles. The lowest BCUT2D eigenvalue weighted by Gasteiger charge is -2.29. The Morgan fingerprint density at radius 1 is 1.08 bits per heavy atom. The van der Waals surface area contributed by atoms with Crippen LogP contribution in [0, 0.1) is 0 Å². The molecule has 10 heteroatoms. The number of nitrogens with zero attached hydrogens (tertiary/aromatic N) is 2. The number of Topliss-reactive ketones (excluding diaryl/α,β-unsaturated/α-hetero) is 2. The number of morpholine rings is 1. The minimum absolute atomic E-state index is 0.0495. The van der Waals surface area contributed by atoms with E-state index in [2.05, 4.69) is 10.2 Å². The lowest BCUT2D eigenvalue weighted by molar-refractivity contribution is -0.136. The minimum Gasteiger partial charge on any atom is -0.379 e. The number of hydrogen-bond donors (Lipinski definition) is 1. The molecule has 9 nitrogen and oxygen atoms in total. The number of piperidine rings is 1. The number of aryl methyl sites for hydroxylation is 1. The summed E-state index contributed by atoms with van der Waals surface area (Å²) in [5.74, 6) is -1.99. The van der Waals surface area contributed by atoms with Gasteiger partial charge in [-0.15, -0.1) is 11.3 Å². The van der Waals surface area contributed by atoms with Crippen molar-refractivity contribution in [3.05, 3.63) is 56.8 Å². The van der Waals surface area contributed by atoms with Crippen molar-refractivity contribution < 1.29 is 28.7 Å². The summed E-state index contributed by atoms with van der Waals surface area (Å²) in [7, 11) is 0. The average molecular weight is 510 g/mol. The van der Waals surface area contributed by atoms with Gasteiger partial charge in [0.05, 0.1) is 18.8 Å². The molecule has 36 heavy (non-hydrogen) atoms. The Labute approximate surface area is 212 Å². The van der Waals surface area contributed by atoms with Crippen LogP contribution in [0.15, 0.2) is 29.6 Å². The molecule has 0 spiro atoms. The Kier molecular flexibility index (Phi) is 7.08. The Balaban J connectivity index is 1.17. The lowest BCUT2D eigenvalue weighted by Crippen LogP contribution is -2.52. The fraction of sp³-hybridized carbons (Fsp3) is 0.423. The van der Waals surface area contributed by atoms with Gasteiger partial charge in [-0.25, -0.2) is 0 Å². The Hall–Kier alpha value is -3.21. The molecule has 0 aliphatic carbocycles. The van der Waals surface area contributed by atoms with Gasteiger partial charge >= 0.3 is 0 Å². The fourth-order valence-corrected chi connectivity index (χ4v) is 5.93. The number of benzene rings is 1. The molecule has 1 aromatic heterocycles. The summed E-state index contributed by atoms with van der Waals surface area (Å²) in [6.45, 7) is 4.25. The molecule has 2 fully saturated rings. The van der Waals surface area contributed by atoms with E-state index in [-0.39, 0.29) is 31.2 Å². The van der Waals surface area contributed by atoms with Gasteiger partial charge in [0.15, 0.2) is 0 Å². The minimum atomic E-state index is -0.671. The third-order valence-corrected chi connectivity index (χ3v) is 8.03. The van der Waals surface area contributed by atoms with Crippen LogP contribution in [0.1, 0.15) is 56.0 Å². The zero-order valence-electron chi connectivity index (χ0n) is 19.8. The van der Waals surface area contributed by atoms with Crippen molar-refractivity contribution in [3.63, 3.8) is 0 Å². The molecule has 1 unspecified atom stereocenters. The maximum atomic E-state index is 12.9. The van der Waals surface area contributed by atoms with Gasteiger partial charge in [0.2, 0.25) is 23.4 Å². The van der Waals surface area contributed by atoms with Crippen molar-refractivity contribution in [1.29, 1.82) is 0 Å². The maximum Gasteiger partial charge on any atom is 0.256 e. The Morgan fingerprint density at radius 3 is 2.56 bits per heavy atom. The van der Waals surface area contributed by atoms with Gasteiger partial charge in [-0.2, -0.15) is 0 Å². The SMILES string of the molecule is O=C1CCC(N2Cc3c(csc3CCC(=O)C(=O)c3ccc(CN4CCOCC4)cc3)C2=O)C(=O)N1. The average Bonchev–Trinajstić information content (AvgIpc) is 3.43. The Bertz CT molecular complexity index is 1210. The number of ketones is 2. The predicted molar refractivity (Wildman–Crippen MR) is 131 cm³/mol. The molecule has 0 saturated carbocycles. The molecule has 1 aromatic carbocycles. The smallest absolute Gasteiger partial charge is 0.256 e. The molecule has 2 aromatic rings. The summed E-state index contributed by atoms with van der Waals surface area (Å²) in [5.41, 5.74) is 2.80. The van der Waals surface area contributed by atoms with Crippen molar-refractivity contribution >= 4 is 40.6 Å². The van der Waals surface area contributed by atoms with Crippen LogP contribution in [0.25, 0.3) is 0 Å². The number of ether oxygens (including phenoxy) is 1. The van der Waals surface area contributed by atoms with Gasteiger partial charge in [0.25, 0.3) is 5.91 Å². The van der Waals surface area contributed by atoms with E-state index in [1.54, 1.807) is 17.5 Å². The highest BCUT2D eigenvalue weighted by Crippen LogP contribution is 2.34. The molecule has 1 atom stereocenters. The molecule has 3 aliphatic rings. The Morgan fingerprint density at radius 2 is 1.83 bits per heavy atom. The number of carbonyl (C=O) groups excluding carboxylic acids is 5. The molecule has 0 bridgehead atoms. The first-order valence-corrected chi connectivity index (χ1v) is 13.0. The van der Waals surface area contributed by atoms with Gasteiger partial charge in [0, 0.05) is 54.8 Å². The van der Waals surface area contributed by atoms with E-state index in [0.29, 0.717) is 24.0 Å². The largest absolute Gasteiger partial charge is 0.379 e. The summed E-state index contributed by atoms with van der Waals surface area (Å²) < 4.78 is 5.37. The zero-order chi connectivity index (χ0) is 25.2. The van der Waals surface area contributed by atoms with Gasteiger partial charge in [0.1, 0.15) is 6.04 Å². The highest BCUT2D eigenvalue weighted by atomic mass is 32.1. The molecule has 188 valence electrons. The summed E-state index contributed by atoms with van der Waals surface area (Å²) in [4.78, 5) is 66.5. The van der Waals surface area contributed by atoms with Crippen LogP contribution < -0.4 is 5.32 Å². The third-order valence-electron chi connectivity index (χ3n) is 6.95. The topological polar surface area (TPSA) is 113 Å². The molecule has 3 aliphatic heterocycles. The first kappa shape index (κ1) is 24.5. The molecular weight excluding hydrogens is 482 g/mol. The van der Waals surface area contributed by atoms with E-state index in [1.165, 1.54) is 16.2 Å². The quantitative estimate of drug-likeness (QED) is 0.328. The number of carbonyl (C=O) groups is 5. The first-order valence-electron chi connectivity index (χ1n) is 12.1. The van der Waals surface area contributed by atoms with Gasteiger partial charge in [-0.3, -0.25) is 34.2 Å². The van der Waals surface area contributed by atoms with Crippen molar-refractivity contribution in [1.82, 2.24) is 15.1 Å². The van der Waals surface area contributed by atoms with Crippen LogP contribution in [0.5, 0.6) is 0 Å². The summed E-state index contributed by atoms with van der Waals surface area (Å²) >= 11 is 1.39. The molecule has 2 saturated heterocycles. The van der Waals surface area contributed by atoms with Crippen LogP contribution in [0.2, 0.25) is 0 Å². The third kappa shape index (κ3) is 5.02. The molecule has 3 amide bonds.